The highest BCUT2D eigenvalue weighted by atomic mass is 79.9. The third kappa shape index (κ3) is 1.88. The standard InChI is InChI=1S/C9H3BrF2N2OS/c10-4-1-2-5(11)7(8(4)12)9(15)6-3-13-16-14-6/h1-3H. The summed E-state index contributed by atoms with van der Waals surface area (Å²) in [7, 11) is 0. The molecule has 0 atom stereocenters. The van der Waals surface area contributed by atoms with Gasteiger partial charge in [0.2, 0.25) is 5.78 Å². The summed E-state index contributed by atoms with van der Waals surface area (Å²) < 4.78 is 34.2. The molecule has 0 saturated carbocycles. The molecular weight excluding hydrogens is 302 g/mol. The van der Waals surface area contributed by atoms with Gasteiger partial charge in [0, 0.05) is 0 Å². The van der Waals surface area contributed by atoms with E-state index in [4.69, 9.17) is 0 Å². The Morgan fingerprint density at radius 3 is 2.75 bits per heavy atom. The van der Waals surface area contributed by atoms with Crippen LogP contribution in [-0.2, 0) is 0 Å². The number of rotatable bonds is 2. The minimum atomic E-state index is -0.932. The molecule has 0 amide bonds. The zero-order valence-corrected chi connectivity index (χ0v) is 9.98. The molecule has 0 saturated heterocycles. The molecule has 82 valence electrons. The lowest BCUT2D eigenvalue weighted by molar-refractivity contribution is 0.102. The molecule has 1 aromatic carbocycles. The van der Waals surface area contributed by atoms with Gasteiger partial charge in [-0.1, -0.05) is 0 Å². The number of hydrogen-bond acceptors (Lipinski definition) is 4. The van der Waals surface area contributed by atoms with Gasteiger partial charge in [0.05, 0.1) is 28.0 Å². The van der Waals surface area contributed by atoms with Gasteiger partial charge in [-0.25, -0.2) is 8.78 Å². The molecule has 16 heavy (non-hydrogen) atoms. The summed E-state index contributed by atoms with van der Waals surface area (Å²) in [4.78, 5) is 11.7. The molecule has 1 aromatic heterocycles. The molecule has 7 heteroatoms. The van der Waals surface area contributed by atoms with Crippen LogP contribution in [0, 0.1) is 11.6 Å². The van der Waals surface area contributed by atoms with Gasteiger partial charge in [0.1, 0.15) is 11.5 Å². The summed E-state index contributed by atoms with van der Waals surface area (Å²) >= 11 is 3.69. The lowest BCUT2D eigenvalue weighted by Crippen LogP contribution is -2.08. The first-order valence-corrected chi connectivity index (χ1v) is 5.59. The number of halogens is 3. The van der Waals surface area contributed by atoms with E-state index >= 15 is 0 Å². The Morgan fingerprint density at radius 1 is 1.38 bits per heavy atom. The zero-order chi connectivity index (χ0) is 11.7. The van der Waals surface area contributed by atoms with E-state index in [0.717, 1.165) is 17.8 Å². The maximum absolute atomic E-state index is 13.6. The second-order valence-electron chi connectivity index (χ2n) is 2.84. The van der Waals surface area contributed by atoms with Crippen LogP contribution in [0.3, 0.4) is 0 Å². The van der Waals surface area contributed by atoms with Crippen molar-refractivity contribution < 1.29 is 13.6 Å². The summed E-state index contributed by atoms with van der Waals surface area (Å²) in [6.45, 7) is 0. The van der Waals surface area contributed by atoms with Gasteiger partial charge in [-0.3, -0.25) is 4.79 Å². The minimum absolute atomic E-state index is 0.0282. The third-order valence-corrected chi connectivity index (χ3v) is 2.96. The summed E-state index contributed by atoms with van der Waals surface area (Å²) in [5.74, 6) is -2.67. The number of carbonyl (C=O) groups is 1. The average Bonchev–Trinajstić information content (AvgIpc) is 2.77. The monoisotopic (exact) mass is 304 g/mol. The maximum atomic E-state index is 13.6. The number of aromatic nitrogens is 2. The lowest BCUT2D eigenvalue weighted by Gasteiger charge is -2.03. The molecule has 3 nitrogen and oxygen atoms in total. The van der Waals surface area contributed by atoms with E-state index in [2.05, 4.69) is 24.7 Å². The number of benzene rings is 1. The second-order valence-corrected chi connectivity index (χ2v) is 4.25. The molecule has 0 radical (unpaired) electrons. The van der Waals surface area contributed by atoms with Crippen LogP contribution in [-0.4, -0.2) is 14.5 Å². The predicted molar refractivity (Wildman–Crippen MR) is 57.4 cm³/mol. The van der Waals surface area contributed by atoms with Crippen LogP contribution < -0.4 is 0 Å². The highest BCUT2D eigenvalue weighted by Gasteiger charge is 2.22. The molecule has 0 bridgehead atoms. The lowest BCUT2D eigenvalue weighted by atomic mass is 10.1. The topological polar surface area (TPSA) is 42.9 Å². The van der Waals surface area contributed by atoms with Crippen molar-refractivity contribution in [3.05, 3.63) is 45.7 Å². The Labute approximate surface area is 102 Å². The molecule has 0 aliphatic carbocycles. The van der Waals surface area contributed by atoms with Crippen LogP contribution in [0.4, 0.5) is 8.78 Å². The smallest absolute Gasteiger partial charge is 0.220 e. The summed E-state index contributed by atoms with van der Waals surface area (Å²) in [6, 6.07) is 2.21. The van der Waals surface area contributed by atoms with Gasteiger partial charge in [-0.05, 0) is 28.1 Å². The number of ketones is 1. The Morgan fingerprint density at radius 2 is 2.12 bits per heavy atom. The average molecular weight is 305 g/mol. The van der Waals surface area contributed by atoms with Crippen molar-refractivity contribution >= 4 is 33.4 Å². The molecule has 0 aliphatic rings. The van der Waals surface area contributed by atoms with Gasteiger partial charge in [-0.2, -0.15) is 8.75 Å². The number of nitrogens with zero attached hydrogens (tertiary/aromatic N) is 2. The Kier molecular flexibility index (Phi) is 3.06. The highest BCUT2D eigenvalue weighted by Crippen LogP contribution is 2.23. The van der Waals surface area contributed by atoms with Crippen LogP contribution in [0.15, 0.2) is 22.8 Å². The molecule has 0 spiro atoms. The van der Waals surface area contributed by atoms with Crippen molar-refractivity contribution in [3.8, 4) is 0 Å². The highest BCUT2D eigenvalue weighted by molar-refractivity contribution is 9.10. The maximum Gasteiger partial charge on any atom is 0.220 e. The fourth-order valence-corrected chi connectivity index (χ4v) is 1.87. The molecule has 1 heterocycles. The van der Waals surface area contributed by atoms with E-state index in [9.17, 15) is 13.6 Å². The van der Waals surface area contributed by atoms with E-state index in [1.54, 1.807) is 0 Å². The molecule has 0 aliphatic heterocycles. The van der Waals surface area contributed by atoms with Crippen LogP contribution in [0.25, 0.3) is 0 Å². The number of carbonyl (C=O) groups excluding carboxylic acids is 1. The van der Waals surface area contributed by atoms with Crippen molar-refractivity contribution in [2.75, 3.05) is 0 Å². The van der Waals surface area contributed by atoms with E-state index in [1.165, 1.54) is 12.3 Å². The van der Waals surface area contributed by atoms with Crippen molar-refractivity contribution in [1.82, 2.24) is 8.75 Å². The van der Waals surface area contributed by atoms with E-state index in [-0.39, 0.29) is 10.2 Å². The van der Waals surface area contributed by atoms with Gasteiger partial charge < -0.3 is 0 Å². The fraction of sp³-hybridized carbons (Fsp3) is 0. The van der Waals surface area contributed by atoms with Gasteiger partial charge in [0.15, 0.2) is 5.82 Å². The van der Waals surface area contributed by atoms with Crippen LogP contribution >= 0.6 is 27.7 Å². The van der Waals surface area contributed by atoms with Crippen molar-refractivity contribution in [3.63, 3.8) is 0 Å². The van der Waals surface area contributed by atoms with Crippen LogP contribution in [0.5, 0.6) is 0 Å². The number of hydrogen-bond donors (Lipinski definition) is 0. The van der Waals surface area contributed by atoms with Crippen molar-refractivity contribution in [2.24, 2.45) is 0 Å². The SMILES string of the molecule is O=C(c1cnsn1)c1c(F)ccc(Br)c1F. The molecular formula is C9H3BrF2N2OS. The molecule has 0 fully saturated rings. The molecule has 0 unspecified atom stereocenters. The zero-order valence-electron chi connectivity index (χ0n) is 7.58. The molecule has 2 aromatic rings. The van der Waals surface area contributed by atoms with E-state index < -0.39 is 23.0 Å². The Balaban J connectivity index is 2.56. The van der Waals surface area contributed by atoms with E-state index in [0.29, 0.717) is 0 Å². The first-order chi connectivity index (χ1) is 7.61. The van der Waals surface area contributed by atoms with Gasteiger partial charge >= 0.3 is 0 Å². The second kappa shape index (κ2) is 4.34. The molecule has 2 rings (SSSR count). The largest absolute Gasteiger partial charge is 0.287 e. The van der Waals surface area contributed by atoms with Crippen LogP contribution in [0.2, 0.25) is 0 Å². The van der Waals surface area contributed by atoms with Gasteiger partial charge in [-0.15, -0.1) is 0 Å². The normalized spacial score (nSPS) is 10.4. The Hall–Kier alpha value is -1.21. The van der Waals surface area contributed by atoms with Crippen molar-refractivity contribution in [2.45, 2.75) is 0 Å². The van der Waals surface area contributed by atoms with E-state index in [1.807, 2.05) is 0 Å². The fourth-order valence-electron chi connectivity index (χ4n) is 1.13. The first kappa shape index (κ1) is 11.3. The third-order valence-electron chi connectivity index (χ3n) is 1.86. The van der Waals surface area contributed by atoms with Gasteiger partial charge in [0.25, 0.3) is 0 Å². The predicted octanol–water partition coefficient (Wildman–Crippen LogP) is 2.81. The minimum Gasteiger partial charge on any atom is -0.287 e. The van der Waals surface area contributed by atoms with Crippen LogP contribution in [0.1, 0.15) is 16.1 Å². The summed E-state index contributed by atoms with van der Waals surface area (Å²) in [5, 5.41) is 0. The summed E-state index contributed by atoms with van der Waals surface area (Å²) in [6.07, 6.45) is 1.17. The quantitative estimate of drug-likeness (QED) is 0.633. The summed E-state index contributed by atoms with van der Waals surface area (Å²) in [5.41, 5.74) is -0.692. The molecule has 0 N–H and O–H groups in total. The Bertz CT molecular complexity index is 545. The first-order valence-electron chi connectivity index (χ1n) is 4.07. The van der Waals surface area contributed by atoms with Crippen molar-refractivity contribution in [1.29, 1.82) is 0 Å².